The zero-order valence-corrected chi connectivity index (χ0v) is 10.2. The van der Waals surface area contributed by atoms with Gasteiger partial charge in [-0.1, -0.05) is 6.07 Å². The second-order valence-corrected chi connectivity index (χ2v) is 5.10. The molecule has 0 amide bonds. The Morgan fingerprint density at radius 1 is 1.22 bits per heavy atom. The lowest BCUT2D eigenvalue weighted by Gasteiger charge is -1.97. The van der Waals surface area contributed by atoms with Crippen LogP contribution >= 0.6 is 11.3 Å². The molecule has 5 heteroatoms. The van der Waals surface area contributed by atoms with Crippen molar-refractivity contribution in [2.45, 2.75) is 6.42 Å². The van der Waals surface area contributed by atoms with Crippen LogP contribution in [-0.4, -0.2) is 9.97 Å². The normalized spacial score (nSPS) is 10.9. The molecule has 3 aromatic rings. The van der Waals surface area contributed by atoms with Gasteiger partial charge < -0.3 is 5.73 Å². The monoisotopic (exact) mass is 259 g/mol. The Bertz CT molecular complexity index is 691. The smallest absolute Gasteiger partial charge is 0.124 e. The maximum absolute atomic E-state index is 13.1. The number of nitrogen functional groups attached to an aromatic ring is 1. The van der Waals surface area contributed by atoms with Crippen molar-refractivity contribution in [2.24, 2.45) is 0 Å². The summed E-state index contributed by atoms with van der Waals surface area (Å²) in [5, 5.41) is 0.946. The Hall–Kier alpha value is -2.01. The van der Waals surface area contributed by atoms with Gasteiger partial charge in [-0.2, -0.15) is 0 Å². The summed E-state index contributed by atoms with van der Waals surface area (Å²) in [7, 11) is 0. The number of hydrogen-bond donors (Lipinski definition) is 1. The molecule has 0 unspecified atom stereocenters. The number of halogens is 1. The van der Waals surface area contributed by atoms with E-state index < -0.39 is 0 Å². The molecule has 2 heterocycles. The molecule has 2 aromatic heterocycles. The zero-order chi connectivity index (χ0) is 12.5. The number of fused-ring (bicyclic) bond motifs is 1. The van der Waals surface area contributed by atoms with Crippen molar-refractivity contribution in [3.8, 4) is 0 Å². The summed E-state index contributed by atoms with van der Waals surface area (Å²) in [5.74, 6) is 0.275. The molecule has 0 atom stereocenters. The van der Waals surface area contributed by atoms with Gasteiger partial charge in [0.1, 0.15) is 11.6 Å². The number of nitrogens with two attached hydrogens (primary N) is 1. The maximum atomic E-state index is 13.1. The summed E-state index contributed by atoms with van der Waals surface area (Å²) in [6, 6.07) is 8.33. The van der Waals surface area contributed by atoms with E-state index in [4.69, 9.17) is 5.73 Å². The van der Waals surface area contributed by atoms with E-state index in [1.807, 2.05) is 6.07 Å². The molecule has 0 aliphatic heterocycles. The average molecular weight is 259 g/mol. The second-order valence-electron chi connectivity index (χ2n) is 3.99. The predicted molar refractivity (Wildman–Crippen MR) is 71.0 cm³/mol. The van der Waals surface area contributed by atoms with Gasteiger partial charge in [0.05, 0.1) is 15.2 Å². The standard InChI is InChI=1S/C13H10FN3S/c14-9-2-3-10-11(6-9)18-13(17-10)5-8-1-4-12(15)16-7-8/h1-4,6-7H,5H2,(H2,15,16). The van der Waals surface area contributed by atoms with Crippen LogP contribution in [0.3, 0.4) is 0 Å². The van der Waals surface area contributed by atoms with Crippen molar-refractivity contribution in [3.05, 3.63) is 52.9 Å². The molecule has 0 bridgehead atoms. The Morgan fingerprint density at radius 3 is 2.89 bits per heavy atom. The molecular formula is C13H10FN3S. The van der Waals surface area contributed by atoms with E-state index in [1.54, 1.807) is 18.3 Å². The zero-order valence-electron chi connectivity index (χ0n) is 9.43. The third kappa shape index (κ3) is 2.17. The highest BCUT2D eigenvalue weighted by molar-refractivity contribution is 7.18. The molecule has 18 heavy (non-hydrogen) atoms. The van der Waals surface area contributed by atoms with Crippen LogP contribution < -0.4 is 5.73 Å². The van der Waals surface area contributed by atoms with E-state index in [-0.39, 0.29) is 5.82 Å². The highest BCUT2D eigenvalue weighted by atomic mass is 32.1. The van der Waals surface area contributed by atoms with E-state index in [9.17, 15) is 4.39 Å². The van der Waals surface area contributed by atoms with Crippen LogP contribution in [0.2, 0.25) is 0 Å². The molecule has 0 saturated heterocycles. The molecule has 90 valence electrons. The third-order valence-corrected chi connectivity index (χ3v) is 3.62. The number of rotatable bonds is 2. The second kappa shape index (κ2) is 4.34. The first-order valence-electron chi connectivity index (χ1n) is 5.46. The quantitative estimate of drug-likeness (QED) is 0.769. The van der Waals surface area contributed by atoms with Crippen LogP contribution in [-0.2, 0) is 6.42 Å². The number of pyridine rings is 1. The third-order valence-electron chi connectivity index (χ3n) is 2.60. The molecule has 0 aliphatic carbocycles. The van der Waals surface area contributed by atoms with Crippen molar-refractivity contribution in [1.29, 1.82) is 0 Å². The summed E-state index contributed by atoms with van der Waals surface area (Å²) in [5.41, 5.74) is 7.41. The summed E-state index contributed by atoms with van der Waals surface area (Å²) in [6.07, 6.45) is 2.43. The van der Waals surface area contributed by atoms with Gasteiger partial charge in [-0.15, -0.1) is 11.3 Å². The first-order valence-corrected chi connectivity index (χ1v) is 6.28. The van der Waals surface area contributed by atoms with Crippen LogP contribution in [0.15, 0.2) is 36.5 Å². The van der Waals surface area contributed by atoms with Crippen molar-refractivity contribution in [3.63, 3.8) is 0 Å². The summed E-state index contributed by atoms with van der Waals surface area (Å²) in [4.78, 5) is 8.50. The number of hydrogen-bond acceptors (Lipinski definition) is 4. The number of aromatic nitrogens is 2. The van der Waals surface area contributed by atoms with E-state index in [1.165, 1.54) is 23.5 Å². The summed E-state index contributed by atoms with van der Waals surface area (Å²) < 4.78 is 13.9. The largest absolute Gasteiger partial charge is 0.384 e. The van der Waals surface area contributed by atoms with E-state index in [0.717, 1.165) is 20.8 Å². The van der Waals surface area contributed by atoms with Crippen molar-refractivity contribution < 1.29 is 4.39 Å². The number of benzene rings is 1. The molecule has 3 rings (SSSR count). The molecule has 0 radical (unpaired) electrons. The van der Waals surface area contributed by atoms with Gasteiger partial charge >= 0.3 is 0 Å². The minimum atomic E-state index is -0.230. The average Bonchev–Trinajstić information content (AvgIpc) is 2.73. The van der Waals surface area contributed by atoms with Crippen molar-refractivity contribution >= 4 is 27.4 Å². The SMILES string of the molecule is Nc1ccc(Cc2nc3ccc(F)cc3s2)cn1. The van der Waals surface area contributed by atoms with Gasteiger partial charge in [0, 0.05) is 12.6 Å². The van der Waals surface area contributed by atoms with Gasteiger partial charge in [-0.25, -0.2) is 14.4 Å². The van der Waals surface area contributed by atoms with E-state index in [2.05, 4.69) is 9.97 Å². The molecular weight excluding hydrogens is 249 g/mol. The van der Waals surface area contributed by atoms with Gasteiger partial charge in [0.15, 0.2) is 0 Å². The summed E-state index contributed by atoms with van der Waals surface area (Å²) in [6.45, 7) is 0. The van der Waals surface area contributed by atoms with Gasteiger partial charge in [0.2, 0.25) is 0 Å². The maximum Gasteiger partial charge on any atom is 0.124 e. The van der Waals surface area contributed by atoms with Gasteiger partial charge in [-0.05, 0) is 29.8 Å². The molecule has 3 nitrogen and oxygen atoms in total. The Balaban J connectivity index is 1.92. The van der Waals surface area contributed by atoms with E-state index in [0.29, 0.717) is 12.2 Å². The fourth-order valence-corrected chi connectivity index (χ4v) is 2.76. The Morgan fingerprint density at radius 2 is 2.11 bits per heavy atom. The number of thiazole rings is 1. The van der Waals surface area contributed by atoms with E-state index >= 15 is 0 Å². The molecule has 0 fully saturated rings. The summed E-state index contributed by atoms with van der Waals surface area (Å²) >= 11 is 1.50. The lowest BCUT2D eigenvalue weighted by Crippen LogP contribution is -1.92. The van der Waals surface area contributed by atoms with Crippen LogP contribution in [0.4, 0.5) is 10.2 Å². The van der Waals surface area contributed by atoms with Crippen LogP contribution in [0.1, 0.15) is 10.6 Å². The van der Waals surface area contributed by atoms with Crippen molar-refractivity contribution in [2.75, 3.05) is 5.73 Å². The van der Waals surface area contributed by atoms with Crippen molar-refractivity contribution in [1.82, 2.24) is 9.97 Å². The Kier molecular flexibility index (Phi) is 2.68. The van der Waals surface area contributed by atoms with Crippen LogP contribution in [0, 0.1) is 5.82 Å². The number of nitrogens with zero attached hydrogens (tertiary/aromatic N) is 2. The first kappa shape index (κ1) is 11.1. The fraction of sp³-hybridized carbons (Fsp3) is 0.0769. The van der Waals surface area contributed by atoms with Crippen LogP contribution in [0.5, 0.6) is 0 Å². The van der Waals surface area contributed by atoms with Gasteiger partial charge in [-0.3, -0.25) is 0 Å². The molecule has 0 saturated carbocycles. The topological polar surface area (TPSA) is 51.8 Å². The fourth-order valence-electron chi connectivity index (χ4n) is 1.74. The first-order chi connectivity index (χ1) is 8.70. The highest BCUT2D eigenvalue weighted by Gasteiger charge is 2.06. The minimum absolute atomic E-state index is 0.230. The Labute approximate surface area is 107 Å². The lowest BCUT2D eigenvalue weighted by molar-refractivity contribution is 0.630. The number of anilines is 1. The molecule has 1 aromatic carbocycles. The highest BCUT2D eigenvalue weighted by Crippen LogP contribution is 2.24. The molecule has 2 N–H and O–H groups in total. The predicted octanol–water partition coefficient (Wildman–Crippen LogP) is 3.00. The minimum Gasteiger partial charge on any atom is -0.384 e. The molecule has 0 aliphatic rings. The van der Waals surface area contributed by atoms with Crippen LogP contribution in [0.25, 0.3) is 10.2 Å². The molecule has 0 spiro atoms. The van der Waals surface area contributed by atoms with Gasteiger partial charge in [0.25, 0.3) is 0 Å². The lowest BCUT2D eigenvalue weighted by atomic mass is 10.2.